The lowest BCUT2D eigenvalue weighted by Gasteiger charge is -2.10. The molecule has 0 aliphatic heterocycles. The van der Waals surface area contributed by atoms with Gasteiger partial charge in [0.15, 0.2) is 0 Å². The summed E-state index contributed by atoms with van der Waals surface area (Å²) in [4.78, 5) is 11.4. The van der Waals surface area contributed by atoms with Crippen LogP contribution in [0, 0.1) is 11.8 Å². The van der Waals surface area contributed by atoms with Crippen molar-refractivity contribution in [3.63, 3.8) is 0 Å². The van der Waals surface area contributed by atoms with Crippen LogP contribution in [0.1, 0.15) is 44.6 Å². The zero-order chi connectivity index (χ0) is 13.8. The quantitative estimate of drug-likeness (QED) is 0.766. The predicted octanol–water partition coefficient (Wildman–Crippen LogP) is 4.42. The average Bonchev–Trinajstić information content (AvgIpc) is 2.96. The van der Waals surface area contributed by atoms with E-state index in [0.29, 0.717) is 11.6 Å². The lowest BCUT2D eigenvalue weighted by molar-refractivity contribution is -0.144. The molecule has 1 aromatic carbocycles. The molecule has 1 aromatic rings. The Kier molecular flexibility index (Phi) is 4.87. The molecule has 19 heavy (non-hydrogen) atoms. The van der Waals surface area contributed by atoms with Crippen molar-refractivity contribution in [2.45, 2.75) is 39.0 Å². The Morgan fingerprint density at radius 2 is 2.11 bits per heavy atom. The average molecular weight is 281 g/mol. The molecule has 0 radical (unpaired) electrons. The van der Waals surface area contributed by atoms with Crippen LogP contribution in [0.25, 0.3) is 0 Å². The fraction of sp³-hybridized carbons (Fsp3) is 0.562. The van der Waals surface area contributed by atoms with Gasteiger partial charge in [0.1, 0.15) is 0 Å². The molecule has 3 rings (SSSR count). The summed E-state index contributed by atoms with van der Waals surface area (Å²) in [7, 11) is 0. The molecule has 2 nitrogen and oxygen atoms in total. The molecule has 2 aliphatic rings. The molecule has 0 aromatic heterocycles. The molecular formula is C16H21ClO2. The van der Waals surface area contributed by atoms with Gasteiger partial charge in [0.2, 0.25) is 0 Å². The van der Waals surface area contributed by atoms with Gasteiger partial charge in [-0.2, -0.15) is 0 Å². The van der Waals surface area contributed by atoms with Crippen molar-refractivity contribution in [3.8, 4) is 0 Å². The van der Waals surface area contributed by atoms with Crippen molar-refractivity contribution in [1.82, 2.24) is 0 Å². The highest BCUT2D eigenvalue weighted by atomic mass is 35.5. The van der Waals surface area contributed by atoms with Gasteiger partial charge in [-0.15, -0.1) is 0 Å². The summed E-state index contributed by atoms with van der Waals surface area (Å²) in [5.74, 6) is 1.99. The third kappa shape index (κ3) is 3.97. The van der Waals surface area contributed by atoms with E-state index in [0.717, 1.165) is 5.56 Å². The Hall–Kier alpha value is -1.02. The zero-order valence-corrected chi connectivity index (χ0v) is 12.3. The summed E-state index contributed by atoms with van der Waals surface area (Å²) < 4.78 is 4.92. The van der Waals surface area contributed by atoms with Crippen LogP contribution in [-0.4, -0.2) is 12.6 Å². The van der Waals surface area contributed by atoms with E-state index in [9.17, 15) is 4.79 Å². The van der Waals surface area contributed by atoms with Crippen molar-refractivity contribution in [2.24, 2.45) is 11.8 Å². The first-order chi connectivity index (χ1) is 9.11. The number of halogens is 1. The fourth-order valence-electron chi connectivity index (χ4n) is 2.36. The summed E-state index contributed by atoms with van der Waals surface area (Å²) in [6.07, 6.45) is 4.70. The fourth-order valence-corrected chi connectivity index (χ4v) is 2.56. The molecule has 2 saturated carbocycles. The van der Waals surface area contributed by atoms with Gasteiger partial charge in [-0.1, -0.05) is 23.7 Å². The lowest BCUT2D eigenvalue weighted by atomic mass is 10.0. The van der Waals surface area contributed by atoms with Crippen molar-refractivity contribution in [2.75, 3.05) is 6.61 Å². The number of hydrogen-bond donors (Lipinski definition) is 0. The lowest BCUT2D eigenvalue weighted by Crippen LogP contribution is -2.12. The Morgan fingerprint density at radius 3 is 2.53 bits per heavy atom. The summed E-state index contributed by atoms with van der Waals surface area (Å²) in [5.41, 5.74) is 0.885. The molecule has 3 unspecified atom stereocenters. The second-order valence-electron chi connectivity index (χ2n) is 5.36. The van der Waals surface area contributed by atoms with Gasteiger partial charge < -0.3 is 4.74 Å². The monoisotopic (exact) mass is 280 g/mol. The van der Waals surface area contributed by atoms with Crippen LogP contribution in [0.3, 0.4) is 0 Å². The van der Waals surface area contributed by atoms with E-state index < -0.39 is 0 Å². The summed E-state index contributed by atoms with van der Waals surface area (Å²) >= 11 is 5.82. The molecule has 0 saturated heterocycles. The SMILES string of the molecule is C1CC2CC12.CCOC(=O)C(C)c1cccc(Cl)c1. The van der Waals surface area contributed by atoms with Gasteiger partial charge in [0.05, 0.1) is 12.5 Å². The number of benzene rings is 1. The minimum Gasteiger partial charge on any atom is -0.466 e. The molecule has 2 fully saturated rings. The van der Waals surface area contributed by atoms with E-state index in [1.807, 2.05) is 19.1 Å². The minimum absolute atomic E-state index is 0.213. The molecule has 0 bridgehead atoms. The molecule has 104 valence electrons. The smallest absolute Gasteiger partial charge is 0.313 e. The van der Waals surface area contributed by atoms with E-state index in [4.69, 9.17) is 16.3 Å². The molecule has 3 atom stereocenters. The maximum atomic E-state index is 11.4. The number of hydrogen-bond acceptors (Lipinski definition) is 2. The molecule has 3 heteroatoms. The van der Waals surface area contributed by atoms with E-state index >= 15 is 0 Å². The number of rotatable bonds is 3. The Labute approximate surface area is 120 Å². The first kappa shape index (κ1) is 14.4. The number of esters is 1. The van der Waals surface area contributed by atoms with Gasteiger partial charge in [0.25, 0.3) is 0 Å². The van der Waals surface area contributed by atoms with Gasteiger partial charge in [-0.25, -0.2) is 0 Å². The van der Waals surface area contributed by atoms with Crippen LogP contribution < -0.4 is 0 Å². The topological polar surface area (TPSA) is 26.3 Å². The molecule has 0 heterocycles. The molecular weight excluding hydrogens is 260 g/mol. The van der Waals surface area contributed by atoms with Crippen molar-refractivity contribution >= 4 is 17.6 Å². The maximum absolute atomic E-state index is 11.4. The van der Waals surface area contributed by atoms with Crippen molar-refractivity contribution in [3.05, 3.63) is 34.9 Å². The number of fused-ring (bicyclic) bond motifs is 1. The molecule has 0 amide bonds. The molecule has 2 aliphatic carbocycles. The van der Waals surface area contributed by atoms with Crippen LogP contribution in [-0.2, 0) is 9.53 Å². The first-order valence-electron chi connectivity index (χ1n) is 7.04. The van der Waals surface area contributed by atoms with Crippen LogP contribution >= 0.6 is 11.6 Å². The van der Waals surface area contributed by atoms with Gasteiger partial charge in [0, 0.05) is 5.02 Å². The summed E-state index contributed by atoms with van der Waals surface area (Å²) in [6, 6.07) is 7.26. The van der Waals surface area contributed by atoms with Gasteiger partial charge in [-0.3, -0.25) is 4.79 Å². The van der Waals surface area contributed by atoms with Crippen molar-refractivity contribution in [1.29, 1.82) is 0 Å². The van der Waals surface area contributed by atoms with Crippen LogP contribution in [0.2, 0.25) is 5.02 Å². The van der Waals surface area contributed by atoms with Crippen LogP contribution in [0.5, 0.6) is 0 Å². The predicted molar refractivity (Wildman–Crippen MR) is 77.3 cm³/mol. The Bertz CT molecular complexity index is 432. The number of carbonyl (C=O) groups is 1. The largest absolute Gasteiger partial charge is 0.466 e. The third-order valence-corrected chi connectivity index (χ3v) is 4.20. The highest BCUT2D eigenvalue weighted by Gasteiger charge is 2.44. The maximum Gasteiger partial charge on any atom is 0.313 e. The van der Waals surface area contributed by atoms with Crippen LogP contribution in [0.4, 0.5) is 0 Å². The summed E-state index contributed by atoms with van der Waals surface area (Å²) in [5, 5.41) is 0.638. The first-order valence-corrected chi connectivity index (χ1v) is 7.41. The summed E-state index contributed by atoms with van der Waals surface area (Å²) in [6.45, 7) is 4.01. The van der Waals surface area contributed by atoms with Crippen LogP contribution in [0.15, 0.2) is 24.3 Å². The number of ether oxygens (including phenoxy) is 1. The normalized spacial score (nSPS) is 24.2. The second kappa shape index (κ2) is 6.42. The zero-order valence-electron chi connectivity index (χ0n) is 11.6. The third-order valence-electron chi connectivity index (χ3n) is 3.97. The van der Waals surface area contributed by atoms with Gasteiger partial charge in [-0.05, 0) is 62.6 Å². The van der Waals surface area contributed by atoms with Crippen molar-refractivity contribution < 1.29 is 9.53 Å². The number of carbonyl (C=O) groups excluding carboxylic acids is 1. The highest BCUT2D eigenvalue weighted by Crippen LogP contribution is 2.55. The van der Waals surface area contributed by atoms with E-state index in [2.05, 4.69) is 0 Å². The second-order valence-corrected chi connectivity index (χ2v) is 5.80. The minimum atomic E-state index is -0.256. The van der Waals surface area contributed by atoms with Gasteiger partial charge >= 0.3 is 5.97 Å². The van der Waals surface area contributed by atoms with E-state index in [-0.39, 0.29) is 11.9 Å². The van der Waals surface area contributed by atoms with E-state index in [1.54, 1.807) is 38.3 Å². The standard InChI is InChI=1S/C11H13ClO2.C5H8/c1-3-14-11(13)8(2)9-5-4-6-10(12)7-9;1-2-5-3-4(1)5/h4-8H,3H2,1-2H3;4-5H,1-3H2. The molecule has 0 spiro atoms. The highest BCUT2D eigenvalue weighted by molar-refractivity contribution is 6.30. The Balaban J connectivity index is 0.000000215. The van der Waals surface area contributed by atoms with E-state index in [1.165, 1.54) is 11.8 Å². The molecule has 0 N–H and O–H groups in total. The Morgan fingerprint density at radius 1 is 1.42 bits per heavy atom.